The molecule has 0 saturated carbocycles. The Morgan fingerprint density at radius 2 is 1.81 bits per heavy atom. The van der Waals surface area contributed by atoms with E-state index in [2.05, 4.69) is 46.8 Å². The number of carbonyl (C=O) groups is 2. The maximum Gasteiger partial charge on any atom is 0.276 e. The summed E-state index contributed by atoms with van der Waals surface area (Å²) in [6.07, 6.45) is 1.08. The Labute approximate surface area is 210 Å². The van der Waals surface area contributed by atoms with Gasteiger partial charge < -0.3 is 19.7 Å². The van der Waals surface area contributed by atoms with Crippen molar-refractivity contribution in [1.82, 2.24) is 19.9 Å². The van der Waals surface area contributed by atoms with E-state index in [0.29, 0.717) is 50.5 Å². The van der Waals surface area contributed by atoms with Crippen molar-refractivity contribution in [1.29, 1.82) is 0 Å². The van der Waals surface area contributed by atoms with E-state index in [-0.39, 0.29) is 30.4 Å². The topological polar surface area (TPSA) is 98.6 Å². The third kappa shape index (κ3) is 5.11. The number of piperidine rings is 1. The highest BCUT2D eigenvalue weighted by molar-refractivity contribution is 5.94. The van der Waals surface area contributed by atoms with Crippen LogP contribution in [-0.4, -0.2) is 51.4 Å². The minimum atomic E-state index is -0.154. The fourth-order valence-corrected chi connectivity index (χ4v) is 4.70. The normalized spacial score (nSPS) is 17.9. The molecule has 0 bridgehead atoms. The van der Waals surface area contributed by atoms with Gasteiger partial charge in [-0.1, -0.05) is 35.0 Å². The van der Waals surface area contributed by atoms with Gasteiger partial charge in [0.15, 0.2) is 5.69 Å². The molecule has 2 aliphatic rings. The van der Waals surface area contributed by atoms with E-state index in [0.717, 1.165) is 17.0 Å². The summed E-state index contributed by atoms with van der Waals surface area (Å²) in [5, 5.41) is 11.4. The van der Waals surface area contributed by atoms with Crippen LogP contribution in [0, 0.1) is 12.8 Å². The second-order valence-corrected chi connectivity index (χ2v) is 9.29. The van der Waals surface area contributed by atoms with E-state index in [1.165, 1.54) is 5.56 Å². The number of rotatable bonds is 6. The average Bonchev–Trinajstić information content (AvgIpc) is 3.33. The molecule has 3 heterocycles. The molecule has 1 aromatic heterocycles. The molecule has 1 atom stereocenters. The van der Waals surface area contributed by atoms with Crippen molar-refractivity contribution in [3.8, 4) is 5.75 Å². The number of nitrogens with one attached hydrogen (secondary N) is 1. The summed E-state index contributed by atoms with van der Waals surface area (Å²) in [7, 11) is 0. The number of likely N-dealkylation sites (tertiary alicyclic amines) is 1. The van der Waals surface area contributed by atoms with Gasteiger partial charge in [0.25, 0.3) is 5.91 Å². The average molecular weight is 490 g/mol. The third-order valence-electron chi connectivity index (χ3n) is 6.84. The number of benzene rings is 2. The van der Waals surface area contributed by atoms with Crippen LogP contribution in [0.3, 0.4) is 0 Å². The number of anilines is 1. The zero-order valence-corrected chi connectivity index (χ0v) is 20.6. The molecule has 188 valence electrons. The molecule has 9 nitrogen and oxygen atoms in total. The van der Waals surface area contributed by atoms with E-state index in [4.69, 9.17) is 9.47 Å². The molecule has 9 heteroatoms. The Kier molecular flexibility index (Phi) is 6.99. The Hall–Kier alpha value is -3.72. The highest BCUT2D eigenvalue weighted by Crippen LogP contribution is 2.28. The van der Waals surface area contributed by atoms with Gasteiger partial charge in [-0.15, -0.1) is 5.10 Å². The smallest absolute Gasteiger partial charge is 0.276 e. The predicted molar refractivity (Wildman–Crippen MR) is 134 cm³/mol. The summed E-state index contributed by atoms with van der Waals surface area (Å²) >= 11 is 0. The molecule has 0 spiro atoms. The van der Waals surface area contributed by atoms with Gasteiger partial charge in [-0.2, -0.15) is 0 Å². The van der Waals surface area contributed by atoms with Crippen LogP contribution in [0.4, 0.5) is 5.69 Å². The fraction of sp³-hybridized carbons (Fsp3) is 0.407. The zero-order chi connectivity index (χ0) is 25.1. The van der Waals surface area contributed by atoms with Crippen LogP contribution < -0.4 is 10.1 Å². The molecular formula is C27H31N5O4. The van der Waals surface area contributed by atoms with Gasteiger partial charge in [0, 0.05) is 24.7 Å². The summed E-state index contributed by atoms with van der Waals surface area (Å²) in [6.45, 7) is 6.39. The molecule has 0 aliphatic carbocycles. The number of aryl methyl sites for hydroxylation is 1. The summed E-state index contributed by atoms with van der Waals surface area (Å²) in [5.74, 6) is 0.449. The van der Waals surface area contributed by atoms with E-state index in [1.807, 2.05) is 31.2 Å². The lowest BCUT2D eigenvalue weighted by atomic mass is 9.95. The molecule has 0 unspecified atom stereocenters. The molecule has 1 N–H and O–H groups in total. The number of amides is 2. The SMILES string of the molecule is CCOc1ccc(NC(=O)C2CCN(C(=O)c3nnn4c3CO[C@H](c3ccc(C)cc3)C4)CC2)cc1. The number of ether oxygens (including phenoxy) is 2. The summed E-state index contributed by atoms with van der Waals surface area (Å²) < 4.78 is 13.3. The second-order valence-electron chi connectivity index (χ2n) is 9.29. The van der Waals surface area contributed by atoms with Crippen molar-refractivity contribution >= 4 is 17.5 Å². The third-order valence-corrected chi connectivity index (χ3v) is 6.84. The molecule has 1 fully saturated rings. The molecule has 2 amide bonds. The van der Waals surface area contributed by atoms with Gasteiger partial charge in [-0.25, -0.2) is 4.68 Å². The van der Waals surface area contributed by atoms with Crippen LogP contribution in [0.5, 0.6) is 5.75 Å². The molecule has 2 aromatic carbocycles. The monoisotopic (exact) mass is 489 g/mol. The van der Waals surface area contributed by atoms with Gasteiger partial charge in [0.1, 0.15) is 11.9 Å². The largest absolute Gasteiger partial charge is 0.494 e. The maximum atomic E-state index is 13.2. The van der Waals surface area contributed by atoms with Gasteiger partial charge in [0.2, 0.25) is 5.91 Å². The highest BCUT2D eigenvalue weighted by Gasteiger charge is 2.33. The second kappa shape index (κ2) is 10.5. The first-order valence-corrected chi connectivity index (χ1v) is 12.5. The predicted octanol–water partition coefficient (Wildman–Crippen LogP) is 3.75. The molecule has 2 aliphatic heterocycles. The lowest BCUT2D eigenvalue weighted by Gasteiger charge is -2.31. The number of carbonyl (C=O) groups excluding carboxylic acids is 2. The Morgan fingerprint density at radius 1 is 1.08 bits per heavy atom. The lowest BCUT2D eigenvalue weighted by molar-refractivity contribution is -0.121. The molecule has 3 aromatic rings. The number of aromatic nitrogens is 3. The molecule has 1 saturated heterocycles. The Bertz CT molecular complexity index is 1210. The summed E-state index contributed by atoms with van der Waals surface area (Å²) in [5.41, 5.74) is 4.07. The van der Waals surface area contributed by atoms with E-state index in [9.17, 15) is 9.59 Å². The lowest BCUT2D eigenvalue weighted by Crippen LogP contribution is -2.42. The first kappa shape index (κ1) is 24.0. The van der Waals surface area contributed by atoms with Crippen LogP contribution in [0.2, 0.25) is 0 Å². The number of hydrogen-bond acceptors (Lipinski definition) is 6. The van der Waals surface area contributed by atoms with E-state index >= 15 is 0 Å². The molecule has 36 heavy (non-hydrogen) atoms. The number of nitrogens with zero attached hydrogens (tertiary/aromatic N) is 4. The van der Waals surface area contributed by atoms with E-state index < -0.39 is 0 Å². The first-order chi connectivity index (χ1) is 17.5. The minimum Gasteiger partial charge on any atom is -0.494 e. The number of hydrogen-bond donors (Lipinski definition) is 1. The molecular weight excluding hydrogens is 458 g/mol. The van der Waals surface area contributed by atoms with E-state index in [1.54, 1.807) is 9.58 Å². The first-order valence-electron chi connectivity index (χ1n) is 12.5. The Morgan fingerprint density at radius 3 is 2.50 bits per heavy atom. The quantitative estimate of drug-likeness (QED) is 0.566. The van der Waals surface area contributed by atoms with Gasteiger partial charge in [0.05, 0.1) is 25.5 Å². The summed E-state index contributed by atoms with van der Waals surface area (Å²) in [6, 6.07) is 15.6. The van der Waals surface area contributed by atoms with Gasteiger partial charge in [-0.3, -0.25) is 9.59 Å². The van der Waals surface area contributed by atoms with Crippen molar-refractivity contribution in [2.75, 3.05) is 25.0 Å². The maximum absolute atomic E-state index is 13.2. The van der Waals surface area contributed by atoms with Gasteiger partial charge >= 0.3 is 0 Å². The van der Waals surface area contributed by atoms with Crippen molar-refractivity contribution in [2.45, 2.75) is 45.9 Å². The Balaban J connectivity index is 1.16. The van der Waals surface area contributed by atoms with Crippen LogP contribution in [0.25, 0.3) is 0 Å². The van der Waals surface area contributed by atoms with Crippen LogP contribution in [0.1, 0.15) is 53.2 Å². The van der Waals surface area contributed by atoms with Crippen LogP contribution in [-0.2, 0) is 22.7 Å². The van der Waals surface area contributed by atoms with Crippen LogP contribution >= 0.6 is 0 Å². The van der Waals surface area contributed by atoms with Crippen molar-refractivity contribution in [3.05, 3.63) is 71.0 Å². The molecule has 5 rings (SSSR count). The standard InChI is InChI=1S/C27H31N5O4/c1-3-35-22-10-8-21(9-11-22)28-26(33)20-12-14-31(15-13-20)27(34)25-23-17-36-24(16-32(23)30-29-25)19-6-4-18(2)5-7-19/h4-11,20,24H,3,12-17H2,1-2H3,(H,28,33)/t24-/m0/s1. The summed E-state index contributed by atoms with van der Waals surface area (Å²) in [4.78, 5) is 27.7. The zero-order valence-electron chi connectivity index (χ0n) is 20.6. The van der Waals surface area contributed by atoms with Crippen molar-refractivity contribution < 1.29 is 19.1 Å². The van der Waals surface area contributed by atoms with Crippen LogP contribution in [0.15, 0.2) is 48.5 Å². The van der Waals surface area contributed by atoms with Crippen molar-refractivity contribution in [2.24, 2.45) is 5.92 Å². The minimum absolute atomic E-state index is 0.0251. The van der Waals surface area contributed by atoms with Crippen molar-refractivity contribution in [3.63, 3.8) is 0 Å². The molecule has 0 radical (unpaired) electrons. The number of fused-ring (bicyclic) bond motifs is 1. The fourth-order valence-electron chi connectivity index (χ4n) is 4.70. The van der Waals surface area contributed by atoms with Gasteiger partial charge in [-0.05, 0) is 56.5 Å². The highest BCUT2D eigenvalue weighted by atomic mass is 16.5.